The summed E-state index contributed by atoms with van der Waals surface area (Å²) >= 11 is 0. The van der Waals surface area contributed by atoms with Crippen molar-refractivity contribution in [2.75, 3.05) is 0 Å². The fourth-order valence-corrected chi connectivity index (χ4v) is 6.13. The molecule has 20 heavy (non-hydrogen) atoms. The number of carbonyl (C=O) groups is 1. The zero-order chi connectivity index (χ0) is 14.1. The van der Waals surface area contributed by atoms with Gasteiger partial charge in [-0.2, -0.15) is 0 Å². The Kier molecular flexibility index (Phi) is 2.39. The van der Waals surface area contributed by atoms with E-state index in [1.807, 2.05) is 19.9 Å². The number of hydrogen-bond donors (Lipinski definition) is 0. The average Bonchev–Trinajstić information content (AvgIpc) is 2.64. The molecule has 0 amide bonds. The summed E-state index contributed by atoms with van der Waals surface area (Å²) in [6, 6.07) is 1.96. The molecule has 4 saturated carbocycles. The third kappa shape index (κ3) is 1.66. The Hall–Kier alpha value is -1.05. The van der Waals surface area contributed by atoms with Crippen molar-refractivity contribution in [3.05, 3.63) is 23.2 Å². The van der Waals surface area contributed by atoms with E-state index in [0.29, 0.717) is 11.2 Å². The Balaban J connectivity index is 1.74. The van der Waals surface area contributed by atoms with Gasteiger partial charge in [-0.3, -0.25) is 4.79 Å². The Morgan fingerprint density at radius 3 is 2.35 bits per heavy atom. The summed E-state index contributed by atoms with van der Waals surface area (Å²) < 4.78 is 5.60. The minimum Gasteiger partial charge on any atom is -0.466 e. The summed E-state index contributed by atoms with van der Waals surface area (Å²) in [5.41, 5.74) is 1.21. The van der Waals surface area contributed by atoms with Gasteiger partial charge in [0.1, 0.15) is 11.5 Å². The van der Waals surface area contributed by atoms with Crippen LogP contribution in [0.25, 0.3) is 0 Å². The molecule has 1 aromatic rings. The average molecular weight is 272 g/mol. The molecule has 4 aliphatic carbocycles. The first-order valence-corrected chi connectivity index (χ1v) is 8.01. The fraction of sp³-hybridized carbons (Fsp3) is 0.722. The summed E-state index contributed by atoms with van der Waals surface area (Å²) in [5, 5.41) is 0. The SMILES string of the molecule is Cc1cc(C(=O)C23CC4CC(CC(C)(C4)C2)C3)c(C)o1. The van der Waals surface area contributed by atoms with Crippen LogP contribution in [0.15, 0.2) is 10.5 Å². The van der Waals surface area contributed by atoms with Gasteiger partial charge in [0.2, 0.25) is 0 Å². The molecule has 0 aliphatic heterocycles. The highest BCUT2D eigenvalue weighted by Crippen LogP contribution is 2.65. The summed E-state index contributed by atoms with van der Waals surface area (Å²) in [7, 11) is 0. The maximum absolute atomic E-state index is 13.2. The number of rotatable bonds is 2. The van der Waals surface area contributed by atoms with Crippen LogP contribution in [0.2, 0.25) is 0 Å². The Morgan fingerprint density at radius 1 is 1.20 bits per heavy atom. The molecule has 0 spiro atoms. The lowest BCUT2D eigenvalue weighted by molar-refractivity contribution is -0.0821. The molecular weight excluding hydrogens is 248 g/mol. The highest BCUT2D eigenvalue weighted by molar-refractivity contribution is 6.01. The van der Waals surface area contributed by atoms with Crippen molar-refractivity contribution in [1.29, 1.82) is 0 Å². The molecule has 108 valence electrons. The number of Topliss-reactive ketones (excluding diaryl/α,β-unsaturated/α-hetero) is 1. The topological polar surface area (TPSA) is 30.2 Å². The molecular formula is C18H24O2. The van der Waals surface area contributed by atoms with Crippen LogP contribution in [0.5, 0.6) is 0 Å². The van der Waals surface area contributed by atoms with E-state index in [9.17, 15) is 4.79 Å². The third-order valence-electron chi connectivity index (χ3n) is 6.12. The maximum Gasteiger partial charge on any atom is 0.172 e. The first-order chi connectivity index (χ1) is 9.39. The van der Waals surface area contributed by atoms with E-state index >= 15 is 0 Å². The largest absolute Gasteiger partial charge is 0.466 e. The first kappa shape index (κ1) is 12.7. The van der Waals surface area contributed by atoms with Gasteiger partial charge in [-0.05, 0) is 75.7 Å². The lowest BCUT2D eigenvalue weighted by atomic mass is 9.43. The second-order valence-corrected chi connectivity index (χ2v) is 8.21. The number of ketones is 1. The molecule has 2 unspecified atom stereocenters. The lowest BCUT2D eigenvalue weighted by Crippen LogP contribution is -2.54. The minimum absolute atomic E-state index is 0.0695. The molecule has 0 radical (unpaired) electrons. The van der Waals surface area contributed by atoms with Crippen LogP contribution in [-0.4, -0.2) is 5.78 Å². The van der Waals surface area contributed by atoms with Gasteiger partial charge in [0, 0.05) is 5.41 Å². The van der Waals surface area contributed by atoms with Gasteiger partial charge in [0.15, 0.2) is 5.78 Å². The normalized spacial score (nSPS) is 42.1. The second-order valence-electron chi connectivity index (χ2n) is 8.21. The molecule has 5 rings (SSSR count). The highest BCUT2D eigenvalue weighted by atomic mass is 16.3. The van der Waals surface area contributed by atoms with Gasteiger partial charge >= 0.3 is 0 Å². The van der Waals surface area contributed by atoms with Crippen LogP contribution in [-0.2, 0) is 0 Å². The van der Waals surface area contributed by atoms with E-state index in [2.05, 4.69) is 6.92 Å². The zero-order valence-corrected chi connectivity index (χ0v) is 12.8. The molecule has 2 nitrogen and oxygen atoms in total. The quantitative estimate of drug-likeness (QED) is 0.731. The van der Waals surface area contributed by atoms with Crippen LogP contribution in [0.3, 0.4) is 0 Å². The maximum atomic E-state index is 13.2. The Bertz CT molecular complexity index is 566. The van der Waals surface area contributed by atoms with Crippen LogP contribution in [0.4, 0.5) is 0 Å². The first-order valence-electron chi connectivity index (χ1n) is 8.01. The van der Waals surface area contributed by atoms with Crippen molar-refractivity contribution >= 4 is 5.78 Å². The van der Waals surface area contributed by atoms with Crippen molar-refractivity contribution in [3.8, 4) is 0 Å². The van der Waals surface area contributed by atoms with Gasteiger partial charge in [0.25, 0.3) is 0 Å². The molecule has 2 atom stereocenters. The molecule has 4 aliphatic rings. The van der Waals surface area contributed by atoms with Crippen LogP contribution in [0.1, 0.15) is 67.3 Å². The highest BCUT2D eigenvalue weighted by Gasteiger charge is 2.58. The van der Waals surface area contributed by atoms with E-state index in [0.717, 1.165) is 48.2 Å². The van der Waals surface area contributed by atoms with Gasteiger partial charge in [-0.1, -0.05) is 6.92 Å². The van der Waals surface area contributed by atoms with Crippen molar-refractivity contribution in [3.63, 3.8) is 0 Å². The zero-order valence-electron chi connectivity index (χ0n) is 12.8. The third-order valence-corrected chi connectivity index (χ3v) is 6.12. The molecule has 4 fully saturated rings. The summed E-state index contributed by atoms with van der Waals surface area (Å²) in [4.78, 5) is 13.2. The Labute approximate surface area is 120 Å². The Morgan fingerprint density at radius 2 is 1.85 bits per heavy atom. The van der Waals surface area contributed by atoms with Crippen molar-refractivity contribution in [2.24, 2.45) is 22.7 Å². The van der Waals surface area contributed by atoms with E-state index < -0.39 is 0 Å². The number of hydrogen-bond acceptors (Lipinski definition) is 2. The summed E-state index contributed by atoms with van der Waals surface area (Å²) in [6.45, 7) is 6.28. The van der Waals surface area contributed by atoms with Gasteiger partial charge in [0.05, 0.1) is 5.56 Å². The molecule has 1 heterocycles. The van der Waals surface area contributed by atoms with E-state index in [-0.39, 0.29) is 5.41 Å². The van der Waals surface area contributed by atoms with E-state index in [1.165, 1.54) is 19.3 Å². The molecule has 0 saturated heterocycles. The smallest absolute Gasteiger partial charge is 0.172 e. The second kappa shape index (κ2) is 3.78. The van der Waals surface area contributed by atoms with Crippen LogP contribution in [0, 0.1) is 36.5 Å². The summed E-state index contributed by atoms with van der Waals surface area (Å²) in [6.07, 6.45) is 7.43. The predicted molar refractivity (Wildman–Crippen MR) is 77.7 cm³/mol. The number of furan rings is 1. The molecule has 0 aromatic carbocycles. The predicted octanol–water partition coefficient (Wildman–Crippen LogP) is 4.69. The van der Waals surface area contributed by atoms with E-state index in [1.54, 1.807) is 0 Å². The number of aryl methyl sites for hydroxylation is 2. The van der Waals surface area contributed by atoms with Crippen molar-refractivity contribution < 1.29 is 9.21 Å². The monoisotopic (exact) mass is 272 g/mol. The number of carbonyl (C=O) groups excluding carboxylic acids is 1. The standard InChI is InChI=1S/C18H24O2/c1-11-4-15(12(2)20-11)16(19)18-8-13-5-14(9-18)7-17(3,6-13)10-18/h4,13-14H,5-10H2,1-3H3. The summed E-state index contributed by atoms with van der Waals surface area (Å²) in [5.74, 6) is 3.64. The van der Waals surface area contributed by atoms with Gasteiger partial charge in [-0.15, -0.1) is 0 Å². The lowest BCUT2D eigenvalue weighted by Gasteiger charge is -2.60. The van der Waals surface area contributed by atoms with Crippen LogP contribution >= 0.6 is 0 Å². The molecule has 4 bridgehead atoms. The van der Waals surface area contributed by atoms with Crippen LogP contribution < -0.4 is 0 Å². The van der Waals surface area contributed by atoms with Gasteiger partial charge in [-0.25, -0.2) is 0 Å². The van der Waals surface area contributed by atoms with Gasteiger partial charge < -0.3 is 4.42 Å². The fourth-order valence-electron chi connectivity index (χ4n) is 6.13. The minimum atomic E-state index is -0.0695. The molecule has 2 heteroatoms. The molecule has 1 aromatic heterocycles. The van der Waals surface area contributed by atoms with E-state index in [4.69, 9.17) is 4.42 Å². The van der Waals surface area contributed by atoms with Crippen molar-refractivity contribution in [2.45, 2.75) is 59.3 Å². The van der Waals surface area contributed by atoms with Crippen molar-refractivity contribution in [1.82, 2.24) is 0 Å². The molecule has 0 N–H and O–H groups in total.